The lowest BCUT2D eigenvalue weighted by atomic mass is 9.76. The molecule has 0 aromatic heterocycles. The second kappa shape index (κ2) is 4.85. The van der Waals surface area contributed by atoms with Crippen molar-refractivity contribution < 1.29 is 19.1 Å². The molecule has 1 fully saturated rings. The van der Waals surface area contributed by atoms with Crippen molar-refractivity contribution >= 4 is 11.6 Å². The molecule has 0 amide bonds. The summed E-state index contributed by atoms with van der Waals surface area (Å²) in [6, 6.07) is 6.50. The van der Waals surface area contributed by atoms with Gasteiger partial charge in [-0.05, 0) is 31.6 Å². The summed E-state index contributed by atoms with van der Waals surface area (Å²) in [7, 11) is 0. The average Bonchev–Trinajstić information content (AvgIpc) is 2.47. The maximum Gasteiger partial charge on any atom is 0.228 e. The summed E-state index contributed by atoms with van der Waals surface area (Å²) in [5, 5.41) is 10.1. The smallest absolute Gasteiger partial charge is 0.228 e. The molecule has 4 heteroatoms. The van der Waals surface area contributed by atoms with Crippen LogP contribution in [-0.2, 0) is 0 Å². The molecule has 1 aromatic rings. The van der Waals surface area contributed by atoms with Gasteiger partial charge in [0.2, 0.25) is 5.78 Å². The van der Waals surface area contributed by atoms with Crippen molar-refractivity contribution in [3.8, 4) is 0 Å². The van der Waals surface area contributed by atoms with E-state index < -0.39 is 17.7 Å². The maximum absolute atomic E-state index is 13.2. The van der Waals surface area contributed by atoms with Crippen LogP contribution in [0.25, 0.3) is 0 Å². The summed E-state index contributed by atoms with van der Waals surface area (Å²) in [5.74, 6) is -1.46. The molecule has 2 aliphatic carbocycles. The second-order valence-corrected chi connectivity index (χ2v) is 5.42. The van der Waals surface area contributed by atoms with E-state index in [-0.39, 0.29) is 22.8 Å². The first-order valence-corrected chi connectivity index (χ1v) is 6.85. The minimum absolute atomic E-state index is 0.181. The Morgan fingerprint density at radius 3 is 2.10 bits per heavy atom. The van der Waals surface area contributed by atoms with Crippen LogP contribution >= 0.6 is 0 Å². The standard InChI is InChI=1S/C16H15FO3/c17-10-7-5-9(6-8-10)13-14(18)11-3-1-2-4-12(11)15(19)16(13)20/h1-4,9-10,20H,5-8H2. The van der Waals surface area contributed by atoms with E-state index in [1.807, 2.05) is 0 Å². The molecule has 1 aromatic carbocycles. The zero-order valence-electron chi connectivity index (χ0n) is 10.9. The number of hydrogen-bond acceptors (Lipinski definition) is 3. The highest BCUT2D eigenvalue weighted by Crippen LogP contribution is 2.37. The van der Waals surface area contributed by atoms with Crippen LogP contribution in [0.1, 0.15) is 46.4 Å². The number of Topliss-reactive ketones (excluding diaryl/α,β-unsaturated/α-hetero) is 2. The minimum atomic E-state index is -0.837. The van der Waals surface area contributed by atoms with Crippen molar-refractivity contribution in [1.82, 2.24) is 0 Å². The predicted molar refractivity (Wildman–Crippen MR) is 71.6 cm³/mol. The van der Waals surface area contributed by atoms with Crippen molar-refractivity contribution in [3.63, 3.8) is 0 Å². The molecule has 0 spiro atoms. The predicted octanol–water partition coefficient (Wildman–Crippen LogP) is 3.41. The zero-order chi connectivity index (χ0) is 14.3. The number of hydrogen-bond donors (Lipinski definition) is 1. The first-order valence-electron chi connectivity index (χ1n) is 6.85. The van der Waals surface area contributed by atoms with Crippen LogP contribution in [0.2, 0.25) is 0 Å². The number of rotatable bonds is 1. The topological polar surface area (TPSA) is 54.4 Å². The van der Waals surface area contributed by atoms with Crippen LogP contribution in [0.3, 0.4) is 0 Å². The number of aliphatic hydroxyl groups excluding tert-OH is 1. The van der Waals surface area contributed by atoms with Crippen LogP contribution in [0, 0.1) is 5.92 Å². The highest BCUT2D eigenvalue weighted by molar-refractivity contribution is 6.26. The Morgan fingerprint density at radius 1 is 0.950 bits per heavy atom. The summed E-state index contributed by atoms with van der Waals surface area (Å²) in [5.41, 5.74) is 0.770. The second-order valence-electron chi connectivity index (χ2n) is 5.42. The molecular formula is C16H15FO3. The Labute approximate surface area is 116 Å². The van der Waals surface area contributed by atoms with Gasteiger partial charge in [0.05, 0.1) is 0 Å². The van der Waals surface area contributed by atoms with E-state index in [9.17, 15) is 19.1 Å². The van der Waals surface area contributed by atoms with Gasteiger partial charge in [0.25, 0.3) is 0 Å². The van der Waals surface area contributed by atoms with Crippen molar-refractivity contribution in [1.29, 1.82) is 0 Å². The number of carbonyl (C=O) groups is 2. The Kier molecular flexibility index (Phi) is 3.16. The fourth-order valence-corrected chi connectivity index (χ4v) is 3.10. The Bertz CT molecular complexity index is 610. The number of benzene rings is 1. The highest BCUT2D eigenvalue weighted by Gasteiger charge is 2.37. The van der Waals surface area contributed by atoms with Gasteiger partial charge < -0.3 is 5.11 Å². The van der Waals surface area contributed by atoms with Crippen molar-refractivity contribution in [2.24, 2.45) is 5.92 Å². The molecule has 2 aliphatic rings. The summed E-state index contributed by atoms with van der Waals surface area (Å²) in [4.78, 5) is 24.6. The van der Waals surface area contributed by atoms with E-state index in [1.165, 1.54) is 0 Å². The first-order chi connectivity index (χ1) is 9.59. The molecule has 0 bridgehead atoms. The third-order valence-electron chi connectivity index (χ3n) is 4.20. The van der Waals surface area contributed by atoms with Gasteiger partial charge in [-0.2, -0.15) is 0 Å². The van der Waals surface area contributed by atoms with Gasteiger partial charge >= 0.3 is 0 Å². The number of ketones is 2. The number of carbonyl (C=O) groups excluding carboxylic acids is 2. The average molecular weight is 274 g/mol. The summed E-state index contributed by atoms with van der Waals surface area (Å²) >= 11 is 0. The van der Waals surface area contributed by atoms with Crippen LogP contribution < -0.4 is 0 Å². The molecule has 0 radical (unpaired) electrons. The Morgan fingerprint density at radius 2 is 1.50 bits per heavy atom. The van der Waals surface area contributed by atoms with Crippen LogP contribution in [0.5, 0.6) is 0 Å². The van der Waals surface area contributed by atoms with Gasteiger partial charge in [-0.15, -0.1) is 0 Å². The van der Waals surface area contributed by atoms with Crippen molar-refractivity contribution in [3.05, 3.63) is 46.7 Å². The zero-order valence-corrected chi connectivity index (χ0v) is 10.9. The third-order valence-corrected chi connectivity index (χ3v) is 4.20. The third kappa shape index (κ3) is 1.96. The van der Waals surface area contributed by atoms with Gasteiger partial charge in [0.1, 0.15) is 6.17 Å². The number of allylic oxidation sites excluding steroid dienone is 2. The number of fused-ring (bicyclic) bond motifs is 1. The quantitative estimate of drug-likeness (QED) is 0.853. The van der Waals surface area contributed by atoms with E-state index in [1.54, 1.807) is 24.3 Å². The number of aliphatic hydroxyl groups is 1. The van der Waals surface area contributed by atoms with Gasteiger partial charge in [-0.25, -0.2) is 4.39 Å². The lowest BCUT2D eigenvalue weighted by Gasteiger charge is -2.28. The summed E-state index contributed by atoms with van der Waals surface area (Å²) < 4.78 is 13.2. The largest absolute Gasteiger partial charge is 0.504 e. The van der Waals surface area contributed by atoms with Crippen LogP contribution in [0.4, 0.5) is 4.39 Å². The van der Waals surface area contributed by atoms with Gasteiger partial charge in [-0.1, -0.05) is 24.3 Å². The number of alkyl halides is 1. The molecule has 0 unspecified atom stereocenters. The van der Waals surface area contributed by atoms with E-state index in [2.05, 4.69) is 0 Å². The molecule has 104 valence electrons. The van der Waals surface area contributed by atoms with Crippen LogP contribution in [0.15, 0.2) is 35.6 Å². The normalized spacial score (nSPS) is 26.6. The fourth-order valence-electron chi connectivity index (χ4n) is 3.10. The Hall–Kier alpha value is -1.97. The summed E-state index contributed by atoms with van der Waals surface area (Å²) in [6.45, 7) is 0. The monoisotopic (exact) mass is 274 g/mol. The lowest BCUT2D eigenvalue weighted by Crippen LogP contribution is -2.28. The fraction of sp³-hybridized carbons (Fsp3) is 0.375. The van der Waals surface area contributed by atoms with Crippen molar-refractivity contribution in [2.75, 3.05) is 0 Å². The Balaban J connectivity index is 2.01. The van der Waals surface area contributed by atoms with E-state index in [4.69, 9.17) is 0 Å². The molecule has 0 atom stereocenters. The minimum Gasteiger partial charge on any atom is -0.504 e. The molecule has 1 saturated carbocycles. The van der Waals surface area contributed by atoms with E-state index >= 15 is 0 Å². The van der Waals surface area contributed by atoms with Crippen LogP contribution in [-0.4, -0.2) is 22.8 Å². The first kappa shape index (κ1) is 13.0. The molecule has 20 heavy (non-hydrogen) atoms. The molecule has 1 N–H and O–H groups in total. The van der Waals surface area contributed by atoms with Gasteiger partial charge in [-0.3, -0.25) is 9.59 Å². The van der Waals surface area contributed by atoms with E-state index in [0.717, 1.165) is 0 Å². The molecule has 0 saturated heterocycles. The summed E-state index contributed by atoms with van der Waals surface area (Å²) in [6.07, 6.45) is 0.925. The molecule has 3 rings (SSSR count). The lowest BCUT2D eigenvalue weighted by molar-refractivity contribution is 0.0910. The molecular weight excluding hydrogens is 259 g/mol. The molecule has 0 heterocycles. The maximum atomic E-state index is 13.2. The van der Waals surface area contributed by atoms with Gasteiger partial charge in [0, 0.05) is 16.7 Å². The van der Waals surface area contributed by atoms with E-state index in [0.29, 0.717) is 31.2 Å². The highest BCUT2D eigenvalue weighted by atomic mass is 19.1. The number of halogens is 1. The van der Waals surface area contributed by atoms with Crippen molar-refractivity contribution in [2.45, 2.75) is 31.9 Å². The molecule has 0 aliphatic heterocycles. The van der Waals surface area contributed by atoms with Gasteiger partial charge in [0.15, 0.2) is 11.5 Å². The SMILES string of the molecule is O=C1C(O)=C(C2CCC(F)CC2)C(=O)c2ccccc21. The molecule has 3 nitrogen and oxygen atoms in total.